The van der Waals surface area contributed by atoms with Gasteiger partial charge in [0.05, 0.1) is 19.1 Å². The Morgan fingerprint density at radius 3 is 1.72 bits per heavy atom. The van der Waals surface area contributed by atoms with Crippen LogP contribution in [0.1, 0.15) is 92.4 Å². The number of hydrogen-bond donors (Lipinski definition) is 0. The molecule has 0 bridgehead atoms. The van der Waals surface area contributed by atoms with E-state index in [1.807, 2.05) is 34.6 Å². The van der Waals surface area contributed by atoms with Gasteiger partial charge in [-0.15, -0.1) is 0 Å². The Bertz CT molecular complexity index is 350. The molecule has 0 amide bonds. The van der Waals surface area contributed by atoms with Gasteiger partial charge in [-0.05, 0) is 24.7 Å². The normalized spacial score (nSPS) is 12.4. The van der Waals surface area contributed by atoms with E-state index in [2.05, 4.69) is 0 Å². The zero-order chi connectivity index (χ0) is 19.1. The van der Waals surface area contributed by atoms with Gasteiger partial charge >= 0.3 is 11.9 Å². The lowest BCUT2D eigenvalue weighted by atomic mass is 10.0. The second-order valence-electron chi connectivity index (χ2n) is 8.02. The molecule has 0 spiro atoms. The summed E-state index contributed by atoms with van der Waals surface area (Å²) < 4.78 is 10.4. The van der Waals surface area contributed by atoms with E-state index in [1.165, 1.54) is 19.3 Å². The second-order valence-corrected chi connectivity index (χ2v) is 8.02. The lowest BCUT2D eigenvalue weighted by Crippen LogP contribution is -2.17. The van der Waals surface area contributed by atoms with Gasteiger partial charge in [-0.1, -0.05) is 73.1 Å². The van der Waals surface area contributed by atoms with Crippen molar-refractivity contribution in [2.45, 2.75) is 92.4 Å². The van der Waals surface area contributed by atoms with E-state index in [0.29, 0.717) is 31.5 Å². The molecular weight excluding hydrogens is 316 g/mol. The summed E-state index contributed by atoms with van der Waals surface area (Å²) in [5, 5.41) is 0. The molecule has 0 saturated heterocycles. The summed E-state index contributed by atoms with van der Waals surface area (Å²) >= 11 is 0. The van der Waals surface area contributed by atoms with E-state index in [1.54, 1.807) is 0 Å². The highest BCUT2D eigenvalue weighted by atomic mass is 16.5. The molecule has 0 saturated carbocycles. The Balaban J connectivity index is 3.41. The number of hydrogen-bond acceptors (Lipinski definition) is 4. The summed E-state index contributed by atoms with van der Waals surface area (Å²) in [6.45, 7) is 11.2. The fraction of sp³-hybridized carbons (Fsp3) is 0.905. The largest absolute Gasteiger partial charge is 0.465 e. The van der Waals surface area contributed by atoms with Crippen molar-refractivity contribution < 1.29 is 19.1 Å². The topological polar surface area (TPSA) is 52.6 Å². The zero-order valence-electron chi connectivity index (χ0n) is 17.1. The molecule has 1 unspecified atom stereocenters. The van der Waals surface area contributed by atoms with Gasteiger partial charge in [0.25, 0.3) is 0 Å². The Morgan fingerprint density at radius 2 is 1.16 bits per heavy atom. The third-order valence-corrected chi connectivity index (χ3v) is 4.06. The first-order valence-corrected chi connectivity index (χ1v) is 10.1. The van der Waals surface area contributed by atoms with Gasteiger partial charge in [0.15, 0.2) is 0 Å². The van der Waals surface area contributed by atoms with Crippen LogP contribution in [0.3, 0.4) is 0 Å². The van der Waals surface area contributed by atoms with Crippen LogP contribution in [0.15, 0.2) is 0 Å². The summed E-state index contributed by atoms with van der Waals surface area (Å²) in [7, 11) is 0. The molecule has 4 heteroatoms. The van der Waals surface area contributed by atoms with Crippen molar-refractivity contribution in [1.29, 1.82) is 0 Å². The van der Waals surface area contributed by atoms with Crippen molar-refractivity contribution in [3.8, 4) is 0 Å². The Morgan fingerprint density at radius 1 is 0.680 bits per heavy atom. The summed E-state index contributed by atoms with van der Waals surface area (Å²) in [5.41, 5.74) is 0. The fourth-order valence-corrected chi connectivity index (χ4v) is 2.44. The number of carbonyl (C=O) groups is 2. The minimum atomic E-state index is -0.0629. The first-order chi connectivity index (χ1) is 11.8. The van der Waals surface area contributed by atoms with Crippen molar-refractivity contribution >= 4 is 11.9 Å². The molecule has 0 aliphatic heterocycles. The molecular formula is C21H40O4. The molecule has 1 atom stereocenters. The highest BCUT2D eigenvalue weighted by Crippen LogP contribution is 2.14. The molecule has 0 N–H and O–H groups in total. The number of esters is 2. The highest BCUT2D eigenvalue weighted by molar-refractivity contribution is 5.71. The quantitative estimate of drug-likeness (QED) is 0.286. The van der Waals surface area contributed by atoms with Crippen molar-refractivity contribution in [1.82, 2.24) is 0 Å². The van der Waals surface area contributed by atoms with Crippen LogP contribution < -0.4 is 0 Å². The predicted octanol–water partition coefficient (Wildman–Crippen LogP) is 5.53. The molecule has 0 radical (unpaired) electrons. The van der Waals surface area contributed by atoms with Gasteiger partial charge in [0, 0.05) is 6.42 Å². The van der Waals surface area contributed by atoms with Gasteiger partial charge in [0.1, 0.15) is 0 Å². The minimum absolute atomic E-state index is 0.00982. The van der Waals surface area contributed by atoms with Gasteiger partial charge < -0.3 is 9.47 Å². The van der Waals surface area contributed by atoms with Crippen LogP contribution >= 0.6 is 0 Å². The van der Waals surface area contributed by atoms with Gasteiger partial charge in [-0.2, -0.15) is 0 Å². The summed E-state index contributed by atoms with van der Waals surface area (Å²) in [6, 6.07) is 0. The molecule has 0 aromatic carbocycles. The van der Waals surface area contributed by atoms with Crippen LogP contribution in [-0.2, 0) is 19.1 Å². The van der Waals surface area contributed by atoms with E-state index >= 15 is 0 Å². The van der Waals surface area contributed by atoms with Crippen LogP contribution in [0.5, 0.6) is 0 Å². The van der Waals surface area contributed by atoms with Crippen LogP contribution in [0, 0.1) is 17.8 Å². The standard InChI is InChI=1S/C21H40O4/c1-17(2)15-24-20(22)14-12-10-8-6-7-9-11-13-19(5)21(23)25-16-18(3)4/h17-19H,6-16H2,1-5H3. The third kappa shape index (κ3) is 16.2. The summed E-state index contributed by atoms with van der Waals surface area (Å²) in [6.07, 6.45) is 9.30. The molecule has 25 heavy (non-hydrogen) atoms. The maximum atomic E-state index is 11.8. The van der Waals surface area contributed by atoms with E-state index in [0.717, 1.165) is 32.1 Å². The van der Waals surface area contributed by atoms with E-state index in [-0.39, 0.29) is 17.9 Å². The molecule has 0 aliphatic carbocycles. The van der Waals surface area contributed by atoms with Gasteiger partial charge in [0.2, 0.25) is 0 Å². The van der Waals surface area contributed by atoms with E-state index in [4.69, 9.17) is 9.47 Å². The molecule has 0 aromatic rings. The van der Waals surface area contributed by atoms with Crippen LogP contribution in [0.2, 0.25) is 0 Å². The first kappa shape index (κ1) is 23.9. The van der Waals surface area contributed by atoms with Gasteiger partial charge in [-0.25, -0.2) is 0 Å². The Labute approximate surface area is 155 Å². The number of carbonyl (C=O) groups excluding carboxylic acids is 2. The maximum Gasteiger partial charge on any atom is 0.308 e. The molecule has 0 aromatic heterocycles. The van der Waals surface area contributed by atoms with Crippen molar-refractivity contribution in [2.75, 3.05) is 13.2 Å². The van der Waals surface area contributed by atoms with Crippen molar-refractivity contribution in [2.24, 2.45) is 17.8 Å². The van der Waals surface area contributed by atoms with Crippen LogP contribution in [-0.4, -0.2) is 25.2 Å². The van der Waals surface area contributed by atoms with Crippen molar-refractivity contribution in [3.63, 3.8) is 0 Å². The van der Waals surface area contributed by atoms with Gasteiger partial charge in [-0.3, -0.25) is 9.59 Å². The summed E-state index contributed by atoms with van der Waals surface area (Å²) in [4.78, 5) is 23.2. The average molecular weight is 357 g/mol. The minimum Gasteiger partial charge on any atom is -0.465 e. The molecule has 4 nitrogen and oxygen atoms in total. The highest BCUT2D eigenvalue weighted by Gasteiger charge is 2.14. The fourth-order valence-electron chi connectivity index (χ4n) is 2.44. The number of unbranched alkanes of at least 4 members (excludes halogenated alkanes) is 6. The Hall–Kier alpha value is -1.06. The molecule has 148 valence electrons. The van der Waals surface area contributed by atoms with Crippen LogP contribution in [0.25, 0.3) is 0 Å². The van der Waals surface area contributed by atoms with E-state index < -0.39 is 0 Å². The molecule has 0 aliphatic rings. The summed E-state index contributed by atoms with van der Waals surface area (Å²) in [5.74, 6) is 0.692. The maximum absolute atomic E-state index is 11.8. The average Bonchev–Trinajstić information content (AvgIpc) is 2.55. The predicted molar refractivity (Wildman–Crippen MR) is 102 cm³/mol. The molecule has 0 rings (SSSR count). The monoisotopic (exact) mass is 356 g/mol. The number of ether oxygens (including phenoxy) is 2. The third-order valence-electron chi connectivity index (χ3n) is 4.06. The van der Waals surface area contributed by atoms with Crippen LogP contribution in [0.4, 0.5) is 0 Å². The zero-order valence-corrected chi connectivity index (χ0v) is 17.1. The van der Waals surface area contributed by atoms with E-state index in [9.17, 15) is 9.59 Å². The number of rotatable bonds is 15. The smallest absolute Gasteiger partial charge is 0.308 e. The van der Waals surface area contributed by atoms with Crippen molar-refractivity contribution in [3.05, 3.63) is 0 Å². The molecule has 0 heterocycles. The SMILES string of the molecule is CC(C)COC(=O)CCCCCCCCCC(C)C(=O)OCC(C)C. The lowest BCUT2D eigenvalue weighted by Gasteiger charge is -2.12. The second kappa shape index (κ2) is 15.2. The molecule has 0 fully saturated rings. The lowest BCUT2D eigenvalue weighted by molar-refractivity contribution is -0.149. The Kier molecular flexibility index (Phi) is 14.6. The first-order valence-electron chi connectivity index (χ1n) is 10.1.